The number of carbonyl (C=O) groups is 2. The van der Waals surface area contributed by atoms with Gasteiger partial charge in [-0.05, 0) is 49.3 Å². The van der Waals surface area contributed by atoms with E-state index in [1.165, 1.54) is 6.07 Å². The summed E-state index contributed by atoms with van der Waals surface area (Å²) in [6, 6.07) is 14.3. The number of hydrogen-bond acceptors (Lipinski definition) is 2. The van der Waals surface area contributed by atoms with Crippen LogP contribution in [0.3, 0.4) is 0 Å². The lowest BCUT2D eigenvalue weighted by atomic mass is 9.74. The number of amides is 2. The highest BCUT2D eigenvalue weighted by Gasteiger charge is 2.44. The second-order valence-corrected chi connectivity index (χ2v) is 8.14. The van der Waals surface area contributed by atoms with Gasteiger partial charge in [-0.2, -0.15) is 0 Å². The molecule has 4 rings (SSSR count). The highest BCUT2D eigenvalue weighted by molar-refractivity contribution is 5.85. The van der Waals surface area contributed by atoms with Crippen molar-refractivity contribution in [3.05, 3.63) is 59.9 Å². The van der Waals surface area contributed by atoms with E-state index in [0.717, 1.165) is 30.4 Å². The van der Waals surface area contributed by atoms with Gasteiger partial charge in [0, 0.05) is 24.6 Å². The maximum Gasteiger partial charge on any atom is 0.225 e. The minimum absolute atomic E-state index is 0.142. The molecule has 0 radical (unpaired) electrons. The average molecular weight is 380 g/mol. The van der Waals surface area contributed by atoms with Crippen LogP contribution in [-0.4, -0.2) is 29.8 Å². The molecule has 1 heterocycles. The van der Waals surface area contributed by atoms with Crippen LogP contribution in [0.5, 0.6) is 0 Å². The predicted octanol–water partition coefficient (Wildman–Crippen LogP) is 3.54. The zero-order valence-corrected chi connectivity index (χ0v) is 15.9. The lowest BCUT2D eigenvalue weighted by molar-refractivity contribution is -0.140. The smallest absolute Gasteiger partial charge is 0.225 e. The third-order valence-electron chi connectivity index (χ3n) is 6.02. The van der Waals surface area contributed by atoms with Crippen molar-refractivity contribution in [2.45, 2.75) is 32.1 Å². The Morgan fingerprint density at radius 3 is 2.46 bits per heavy atom. The Morgan fingerprint density at radius 1 is 1.11 bits per heavy atom. The van der Waals surface area contributed by atoms with Crippen molar-refractivity contribution >= 4 is 11.8 Å². The molecule has 0 bridgehead atoms. The summed E-state index contributed by atoms with van der Waals surface area (Å²) in [6.45, 7) is 1.10. The lowest BCUT2D eigenvalue weighted by Crippen LogP contribution is -2.53. The van der Waals surface area contributed by atoms with Gasteiger partial charge in [0.15, 0.2) is 0 Å². The van der Waals surface area contributed by atoms with E-state index in [-0.39, 0.29) is 23.5 Å². The first-order valence-corrected chi connectivity index (χ1v) is 9.91. The number of halogens is 1. The molecule has 1 saturated heterocycles. The molecule has 2 N–H and O–H groups in total. The van der Waals surface area contributed by atoms with Crippen molar-refractivity contribution in [3.63, 3.8) is 0 Å². The Labute approximate surface area is 164 Å². The van der Waals surface area contributed by atoms with Gasteiger partial charge in [-0.3, -0.25) is 9.59 Å². The molecular weight excluding hydrogens is 355 g/mol. The highest BCUT2D eigenvalue weighted by Crippen LogP contribution is 2.38. The number of rotatable bonds is 5. The van der Waals surface area contributed by atoms with Gasteiger partial charge in [-0.1, -0.05) is 42.5 Å². The molecule has 2 aromatic carbocycles. The average Bonchev–Trinajstić information content (AvgIpc) is 3.54. The Morgan fingerprint density at radius 2 is 1.82 bits per heavy atom. The molecule has 4 nitrogen and oxygen atoms in total. The number of carbonyl (C=O) groups excluding carboxylic acids is 2. The fraction of sp³-hybridized carbons (Fsp3) is 0.391. The molecule has 28 heavy (non-hydrogen) atoms. The molecule has 1 aliphatic carbocycles. The van der Waals surface area contributed by atoms with Gasteiger partial charge in [0.25, 0.3) is 0 Å². The molecule has 146 valence electrons. The van der Waals surface area contributed by atoms with Crippen molar-refractivity contribution in [3.8, 4) is 11.1 Å². The van der Waals surface area contributed by atoms with Crippen LogP contribution < -0.4 is 5.73 Å². The minimum Gasteiger partial charge on any atom is -0.369 e. The second kappa shape index (κ2) is 7.38. The van der Waals surface area contributed by atoms with Crippen LogP contribution in [0.15, 0.2) is 48.5 Å². The summed E-state index contributed by atoms with van der Waals surface area (Å²) in [4.78, 5) is 26.7. The maximum absolute atomic E-state index is 14.0. The fourth-order valence-corrected chi connectivity index (χ4v) is 4.23. The molecule has 2 aromatic rings. The van der Waals surface area contributed by atoms with Crippen molar-refractivity contribution in [1.29, 1.82) is 0 Å². The number of hydrogen-bond donors (Lipinski definition) is 1. The van der Waals surface area contributed by atoms with Gasteiger partial charge >= 0.3 is 0 Å². The van der Waals surface area contributed by atoms with Crippen molar-refractivity contribution in [1.82, 2.24) is 4.90 Å². The van der Waals surface area contributed by atoms with E-state index >= 15 is 0 Å². The molecule has 2 aliphatic rings. The van der Waals surface area contributed by atoms with E-state index in [0.29, 0.717) is 31.5 Å². The molecule has 2 fully saturated rings. The molecule has 2 amide bonds. The summed E-state index contributed by atoms with van der Waals surface area (Å²) in [7, 11) is 0. The van der Waals surface area contributed by atoms with Crippen LogP contribution in [0.25, 0.3) is 11.1 Å². The van der Waals surface area contributed by atoms with E-state index in [1.807, 2.05) is 35.2 Å². The number of primary amides is 1. The summed E-state index contributed by atoms with van der Waals surface area (Å²) in [5, 5.41) is 0. The van der Waals surface area contributed by atoms with Crippen LogP contribution in [0, 0.1) is 17.2 Å². The molecular formula is C23H25FN2O2. The zero-order valence-electron chi connectivity index (χ0n) is 15.9. The minimum atomic E-state index is -0.734. The molecule has 0 aromatic heterocycles. The Kier molecular flexibility index (Phi) is 4.92. The molecule has 5 heteroatoms. The highest BCUT2D eigenvalue weighted by atomic mass is 19.1. The quantitative estimate of drug-likeness (QED) is 0.862. The van der Waals surface area contributed by atoms with Crippen molar-refractivity contribution < 1.29 is 14.0 Å². The topological polar surface area (TPSA) is 63.4 Å². The van der Waals surface area contributed by atoms with Crippen LogP contribution in [0.1, 0.15) is 31.2 Å². The number of nitrogens with two attached hydrogens (primary N) is 1. The zero-order chi connectivity index (χ0) is 19.7. The molecule has 0 spiro atoms. The fourth-order valence-electron chi connectivity index (χ4n) is 4.23. The van der Waals surface area contributed by atoms with Crippen LogP contribution in [0.2, 0.25) is 0 Å². The van der Waals surface area contributed by atoms with E-state index in [4.69, 9.17) is 5.73 Å². The van der Waals surface area contributed by atoms with Crippen molar-refractivity contribution in [2.75, 3.05) is 13.1 Å². The van der Waals surface area contributed by atoms with Crippen LogP contribution in [-0.2, 0) is 16.0 Å². The maximum atomic E-state index is 14.0. The predicted molar refractivity (Wildman–Crippen MR) is 106 cm³/mol. The third-order valence-corrected chi connectivity index (χ3v) is 6.02. The van der Waals surface area contributed by atoms with Gasteiger partial charge in [-0.15, -0.1) is 0 Å². The van der Waals surface area contributed by atoms with Crippen LogP contribution in [0.4, 0.5) is 4.39 Å². The second-order valence-electron chi connectivity index (χ2n) is 8.14. The number of benzene rings is 2. The Bertz CT molecular complexity index is 892. The molecule has 1 unspecified atom stereocenters. The standard InChI is InChI=1S/C23H25FN2O2/c24-20-5-2-1-4-19(20)17-8-6-16(7-9-17)14-23(22(25)28)12-3-13-26(15-23)21(27)18-10-11-18/h1-2,4-9,18H,3,10-15H2,(H2,25,28). The van der Waals surface area contributed by atoms with Crippen LogP contribution >= 0.6 is 0 Å². The van der Waals surface area contributed by atoms with E-state index in [2.05, 4.69) is 0 Å². The summed E-state index contributed by atoms with van der Waals surface area (Å²) in [5.41, 5.74) is 7.41. The SMILES string of the molecule is NC(=O)C1(Cc2ccc(-c3ccccc3F)cc2)CCCN(C(=O)C2CC2)C1. The van der Waals surface area contributed by atoms with Gasteiger partial charge in [0.1, 0.15) is 5.82 Å². The van der Waals surface area contributed by atoms with Gasteiger partial charge in [0.05, 0.1) is 5.41 Å². The number of likely N-dealkylation sites (tertiary alicyclic amines) is 1. The first kappa shape index (κ1) is 18.7. The third kappa shape index (κ3) is 3.66. The first-order chi connectivity index (χ1) is 13.5. The molecule has 1 aliphatic heterocycles. The van der Waals surface area contributed by atoms with Gasteiger partial charge < -0.3 is 10.6 Å². The Balaban J connectivity index is 1.54. The first-order valence-electron chi connectivity index (χ1n) is 9.91. The van der Waals surface area contributed by atoms with E-state index < -0.39 is 5.41 Å². The molecule has 1 saturated carbocycles. The number of nitrogens with zero attached hydrogens (tertiary/aromatic N) is 1. The molecule has 1 atom stereocenters. The lowest BCUT2D eigenvalue weighted by Gasteiger charge is -2.41. The Hall–Kier alpha value is -2.69. The summed E-state index contributed by atoms with van der Waals surface area (Å²) < 4.78 is 14.0. The van der Waals surface area contributed by atoms with E-state index in [9.17, 15) is 14.0 Å². The van der Waals surface area contributed by atoms with Gasteiger partial charge in [0.2, 0.25) is 11.8 Å². The largest absolute Gasteiger partial charge is 0.369 e. The van der Waals surface area contributed by atoms with E-state index in [1.54, 1.807) is 12.1 Å². The number of piperidine rings is 1. The normalized spacial score (nSPS) is 22.1. The summed E-state index contributed by atoms with van der Waals surface area (Å²) >= 11 is 0. The van der Waals surface area contributed by atoms with Crippen molar-refractivity contribution in [2.24, 2.45) is 17.1 Å². The van der Waals surface area contributed by atoms with Gasteiger partial charge in [-0.25, -0.2) is 4.39 Å². The summed E-state index contributed by atoms with van der Waals surface area (Å²) in [6.07, 6.45) is 3.88. The monoisotopic (exact) mass is 380 g/mol. The summed E-state index contributed by atoms with van der Waals surface area (Å²) in [5.74, 6) is -0.298.